The van der Waals surface area contributed by atoms with Gasteiger partial charge in [0.2, 0.25) is 0 Å². The van der Waals surface area contributed by atoms with E-state index in [1.54, 1.807) is 0 Å². The zero-order valence-electron chi connectivity index (χ0n) is 12.1. The smallest absolute Gasteiger partial charge is 0.138 e. The number of hydrogen-bond acceptors (Lipinski definition) is 5. The molecule has 22 heavy (non-hydrogen) atoms. The fourth-order valence-corrected chi connectivity index (χ4v) is 2.88. The van der Waals surface area contributed by atoms with Gasteiger partial charge in [-0.25, -0.2) is 4.63 Å². The first-order chi connectivity index (χ1) is 10.5. The van der Waals surface area contributed by atoms with Gasteiger partial charge in [-0.3, -0.25) is 0 Å². The van der Waals surface area contributed by atoms with Crippen molar-refractivity contribution in [3.8, 4) is 5.75 Å². The van der Waals surface area contributed by atoms with Crippen LogP contribution in [0.5, 0.6) is 5.75 Å². The first kappa shape index (κ1) is 13.2. The Bertz CT molecular complexity index is 969. The highest BCUT2D eigenvalue weighted by atomic mass is 32.1. The molecule has 0 spiro atoms. The summed E-state index contributed by atoms with van der Waals surface area (Å²) in [6.07, 6.45) is 4.01. The van der Waals surface area contributed by atoms with Crippen LogP contribution in [0.1, 0.15) is 19.4 Å². The van der Waals surface area contributed by atoms with Gasteiger partial charge in [-0.15, -0.1) is 0 Å². The van der Waals surface area contributed by atoms with Crippen LogP contribution in [0.4, 0.5) is 0 Å². The van der Waals surface area contributed by atoms with Gasteiger partial charge in [0.15, 0.2) is 0 Å². The van der Waals surface area contributed by atoms with Crippen molar-refractivity contribution in [1.29, 1.82) is 0 Å². The number of aromatic nitrogens is 3. The molecule has 0 atom stereocenters. The number of pyridine rings is 1. The van der Waals surface area contributed by atoms with Gasteiger partial charge >= 0.3 is 0 Å². The molecule has 1 aliphatic heterocycles. The van der Waals surface area contributed by atoms with E-state index in [1.165, 1.54) is 0 Å². The molecule has 0 amide bonds. The van der Waals surface area contributed by atoms with Crippen LogP contribution < -0.4 is 4.74 Å². The van der Waals surface area contributed by atoms with Crippen molar-refractivity contribution in [1.82, 2.24) is 14.9 Å². The van der Waals surface area contributed by atoms with Gasteiger partial charge in [-0.1, -0.05) is 18.3 Å². The monoisotopic (exact) mass is 311 g/mol. The van der Waals surface area contributed by atoms with Crippen LogP contribution in [-0.2, 0) is 0 Å². The largest absolute Gasteiger partial charge is 0.483 e. The highest BCUT2D eigenvalue weighted by Gasteiger charge is 2.28. The fourth-order valence-electron chi connectivity index (χ4n) is 2.64. The zero-order chi connectivity index (χ0) is 15.3. The van der Waals surface area contributed by atoms with E-state index in [0.29, 0.717) is 11.0 Å². The Labute approximate surface area is 131 Å². The molecule has 3 heterocycles. The topological polar surface area (TPSA) is 53.1 Å². The van der Waals surface area contributed by atoms with Gasteiger partial charge in [0.05, 0.1) is 5.70 Å². The highest BCUT2D eigenvalue weighted by molar-refractivity contribution is 7.71. The molecule has 2 aromatic heterocycles. The Balaban J connectivity index is 2.03. The summed E-state index contributed by atoms with van der Waals surface area (Å²) in [4.78, 5) is 0. The molecule has 110 valence electrons. The van der Waals surface area contributed by atoms with E-state index in [-0.39, 0.29) is 0 Å². The lowest BCUT2D eigenvalue weighted by molar-refractivity contribution is 0.157. The third-order valence-electron chi connectivity index (χ3n) is 3.57. The lowest BCUT2D eigenvalue weighted by atomic mass is 9.98. The summed E-state index contributed by atoms with van der Waals surface area (Å²) in [6, 6.07) is 9.54. The minimum Gasteiger partial charge on any atom is -0.483 e. The molecule has 0 saturated heterocycles. The van der Waals surface area contributed by atoms with Crippen LogP contribution in [0.15, 0.2) is 47.2 Å². The first-order valence-electron chi connectivity index (χ1n) is 6.90. The van der Waals surface area contributed by atoms with Crippen LogP contribution in [0.25, 0.3) is 16.7 Å². The van der Waals surface area contributed by atoms with Crippen molar-refractivity contribution in [2.75, 3.05) is 0 Å². The second-order valence-electron chi connectivity index (χ2n) is 5.75. The minimum absolute atomic E-state index is 0.447. The van der Waals surface area contributed by atoms with E-state index in [4.69, 9.17) is 21.6 Å². The molecule has 0 unspecified atom stereocenters. The van der Waals surface area contributed by atoms with E-state index in [9.17, 15) is 0 Å². The van der Waals surface area contributed by atoms with E-state index < -0.39 is 5.60 Å². The molecule has 1 aliphatic rings. The van der Waals surface area contributed by atoms with Crippen LogP contribution in [0, 0.1) is 4.64 Å². The molecular weight excluding hydrogens is 298 g/mol. The van der Waals surface area contributed by atoms with Gasteiger partial charge < -0.3 is 9.30 Å². The highest BCUT2D eigenvalue weighted by Crippen LogP contribution is 2.38. The van der Waals surface area contributed by atoms with Gasteiger partial charge in [0.1, 0.15) is 27.0 Å². The molecule has 6 heteroatoms. The third-order valence-corrected chi connectivity index (χ3v) is 3.90. The normalized spacial score (nSPS) is 16.0. The third kappa shape index (κ3) is 2.03. The summed E-state index contributed by atoms with van der Waals surface area (Å²) in [7, 11) is 0. The lowest BCUT2D eigenvalue weighted by Crippen LogP contribution is -2.30. The van der Waals surface area contributed by atoms with Gasteiger partial charge in [0, 0.05) is 17.8 Å². The SMILES string of the molecule is CC1(C)C=C(n2ccccc2=S)c2cc3nonc3cc2O1. The maximum absolute atomic E-state index is 6.06. The summed E-state index contributed by atoms with van der Waals surface area (Å²) >= 11 is 5.45. The van der Waals surface area contributed by atoms with E-state index in [0.717, 1.165) is 21.7 Å². The number of nitrogens with zero attached hydrogens (tertiary/aromatic N) is 3. The predicted octanol–water partition coefficient (Wildman–Crippen LogP) is 3.81. The van der Waals surface area contributed by atoms with E-state index in [2.05, 4.69) is 16.4 Å². The summed E-state index contributed by atoms with van der Waals surface area (Å²) in [5.41, 5.74) is 2.81. The second-order valence-corrected chi connectivity index (χ2v) is 6.16. The molecular formula is C16H13N3O2S. The van der Waals surface area contributed by atoms with Crippen LogP contribution in [-0.4, -0.2) is 20.5 Å². The molecule has 3 aromatic rings. The molecule has 0 N–H and O–H groups in total. The lowest BCUT2D eigenvalue weighted by Gasteiger charge is -2.31. The number of rotatable bonds is 1. The van der Waals surface area contributed by atoms with Crippen molar-refractivity contribution in [3.05, 3.63) is 52.8 Å². The molecule has 0 aliphatic carbocycles. The van der Waals surface area contributed by atoms with Crippen molar-refractivity contribution in [3.63, 3.8) is 0 Å². The fraction of sp³-hybridized carbons (Fsp3) is 0.188. The van der Waals surface area contributed by atoms with Gasteiger partial charge in [-0.05, 0) is 48.4 Å². The average Bonchev–Trinajstić information content (AvgIpc) is 2.91. The minimum atomic E-state index is -0.447. The first-order valence-corrected chi connectivity index (χ1v) is 7.31. The number of benzene rings is 1. The Kier molecular flexibility index (Phi) is 2.71. The molecule has 0 bridgehead atoms. The predicted molar refractivity (Wildman–Crippen MR) is 85.2 cm³/mol. The van der Waals surface area contributed by atoms with Gasteiger partial charge in [-0.2, -0.15) is 0 Å². The second kappa shape index (κ2) is 4.51. The molecule has 4 rings (SSSR count). The maximum Gasteiger partial charge on any atom is 0.138 e. The summed E-state index contributed by atoms with van der Waals surface area (Å²) < 4.78 is 13.6. The Morgan fingerprint density at radius 1 is 1.14 bits per heavy atom. The number of fused-ring (bicyclic) bond motifs is 2. The summed E-state index contributed by atoms with van der Waals surface area (Å²) in [6.45, 7) is 4.02. The Morgan fingerprint density at radius 2 is 1.91 bits per heavy atom. The van der Waals surface area contributed by atoms with E-state index in [1.807, 2.05) is 54.9 Å². The van der Waals surface area contributed by atoms with Crippen molar-refractivity contribution >= 4 is 28.9 Å². The summed E-state index contributed by atoms with van der Waals surface area (Å²) in [5.74, 6) is 0.747. The van der Waals surface area contributed by atoms with Crippen molar-refractivity contribution in [2.45, 2.75) is 19.4 Å². The number of hydrogen-bond donors (Lipinski definition) is 0. The summed E-state index contributed by atoms with van der Waals surface area (Å²) in [5, 5.41) is 7.79. The molecule has 1 aromatic carbocycles. The molecule has 0 saturated carbocycles. The zero-order valence-corrected chi connectivity index (χ0v) is 12.9. The maximum atomic E-state index is 6.06. The number of ether oxygens (including phenoxy) is 1. The van der Waals surface area contributed by atoms with E-state index >= 15 is 0 Å². The quantitative estimate of drug-likeness (QED) is 0.640. The van der Waals surface area contributed by atoms with Gasteiger partial charge in [0.25, 0.3) is 0 Å². The van der Waals surface area contributed by atoms with Crippen LogP contribution in [0.3, 0.4) is 0 Å². The Morgan fingerprint density at radius 3 is 2.68 bits per heavy atom. The van der Waals surface area contributed by atoms with Crippen molar-refractivity contribution in [2.24, 2.45) is 0 Å². The van der Waals surface area contributed by atoms with Crippen LogP contribution in [0.2, 0.25) is 0 Å². The standard InChI is InChI=1S/C16H13N3O2S/c1-16(2)9-13(19-6-4-3-5-15(19)22)10-7-11-12(18-21-17-11)8-14(10)20-16/h3-9H,1-2H3. The molecule has 0 fully saturated rings. The molecule has 0 radical (unpaired) electrons. The molecule has 5 nitrogen and oxygen atoms in total. The Hall–Kier alpha value is -2.47. The van der Waals surface area contributed by atoms with Crippen molar-refractivity contribution < 1.29 is 9.37 Å². The average molecular weight is 311 g/mol. The van der Waals surface area contributed by atoms with Crippen LogP contribution >= 0.6 is 12.2 Å².